The fraction of sp³-hybridized carbons (Fsp3) is 0.357. The number of nitrogens with zero attached hydrogens (tertiary/aromatic N) is 3. The molecule has 0 aliphatic heterocycles. The number of hydrogen-bond acceptors (Lipinski definition) is 7. The number of aromatic nitrogens is 3. The Labute approximate surface area is 136 Å². The summed E-state index contributed by atoms with van der Waals surface area (Å²) >= 11 is 5.06. The molecule has 0 bridgehead atoms. The Balaban J connectivity index is 1.73. The van der Waals surface area contributed by atoms with Gasteiger partial charge in [0.05, 0.1) is 15.5 Å². The molecule has 0 spiro atoms. The van der Waals surface area contributed by atoms with Gasteiger partial charge in [-0.1, -0.05) is 35.2 Å². The van der Waals surface area contributed by atoms with Gasteiger partial charge in [-0.15, -0.1) is 21.5 Å². The monoisotopic (exact) mass is 336 g/mol. The molecule has 1 aromatic carbocycles. The Bertz CT molecular complexity index is 701. The lowest BCUT2D eigenvalue weighted by atomic mass is 10.3. The highest BCUT2D eigenvalue weighted by molar-refractivity contribution is 8.01. The molecule has 0 saturated heterocycles. The van der Waals surface area contributed by atoms with Gasteiger partial charge in [-0.3, -0.25) is 0 Å². The van der Waals surface area contributed by atoms with Gasteiger partial charge in [0.15, 0.2) is 4.34 Å². The molecule has 2 heterocycles. The van der Waals surface area contributed by atoms with Crippen LogP contribution in [0.4, 0.5) is 5.13 Å². The van der Waals surface area contributed by atoms with Crippen LogP contribution in [0, 0.1) is 0 Å². The molecule has 0 saturated carbocycles. The first kappa shape index (κ1) is 14.7. The second-order valence-electron chi connectivity index (χ2n) is 4.95. The van der Waals surface area contributed by atoms with Gasteiger partial charge in [-0.2, -0.15) is 0 Å². The number of anilines is 1. The van der Waals surface area contributed by atoms with E-state index in [4.69, 9.17) is 4.98 Å². The minimum Gasteiger partial charge on any atom is -0.358 e. The number of fused-ring (bicyclic) bond motifs is 1. The predicted molar refractivity (Wildman–Crippen MR) is 92.6 cm³/mol. The van der Waals surface area contributed by atoms with Crippen molar-refractivity contribution in [1.29, 1.82) is 0 Å². The molecule has 0 amide bonds. The molecule has 4 nitrogen and oxygen atoms in total. The van der Waals surface area contributed by atoms with E-state index in [0.717, 1.165) is 20.0 Å². The van der Waals surface area contributed by atoms with Crippen LogP contribution >= 0.6 is 34.4 Å². The van der Waals surface area contributed by atoms with Gasteiger partial charge in [0.1, 0.15) is 5.01 Å². The van der Waals surface area contributed by atoms with Crippen molar-refractivity contribution in [1.82, 2.24) is 15.2 Å². The largest absolute Gasteiger partial charge is 0.358 e. The Morgan fingerprint density at radius 1 is 1.10 bits per heavy atom. The Morgan fingerprint density at radius 3 is 2.67 bits per heavy atom. The van der Waals surface area contributed by atoms with E-state index in [1.165, 1.54) is 4.70 Å². The summed E-state index contributed by atoms with van der Waals surface area (Å²) in [5.74, 6) is 0. The maximum absolute atomic E-state index is 4.70. The Kier molecular flexibility index (Phi) is 4.42. The second-order valence-corrected chi connectivity index (χ2v) is 8.58. The zero-order valence-electron chi connectivity index (χ0n) is 12.0. The van der Waals surface area contributed by atoms with Crippen LogP contribution < -0.4 is 5.32 Å². The number of para-hydroxylation sites is 1. The standard InChI is InChI=1S/C14H16N4S3/c1-8(2)15-13-17-18-14(21-13)19-9(3)12-16-10-6-4-5-7-11(10)20-12/h4-9H,1-3H3,(H,15,17)/t9-/m1/s1. The van der Waals surface area contributed by atoms with Crippen LogP contribution in [0.3, 0.4) is 0 Å². The van der Waals surface area contributed by atoms with E-state index in [9.17, 15) is 0 Å². The number of hydrogen-bond donors (Lipinski definition) is 1. The van der Waals surface area contributed by atoms with E-state index in [2.05, 4.69) is 54.5 Å². The summed E-state index contributed by atoms with van der Waals surface area (Å²) in [5.41, 5.74) is 1.07. The Morgan fingerprint density at radius 2 is 1.90 bits per heavy atom. The number of thioether (sulfide) groups is 1. The molecule has 0 radical (unpaired) electrons. The van der Waals surface area contributed by atoms with Crippen LogP contribution in [-0.2, 0) is 0 Å². The molecule has 0 aliphatic rings. The van der Waals surface area contributed by atoms with Gasteiger partial charge in [-0.25, -0.2) is 4.98 Å². The lowest BCUT2D eigenvalue weighted by Crippen LogP contribution is -2.08. The summed E-state index contributed by atoms with van der Waals surface area (Å²) < 4.78 is 2.21. The zero-order valence-corrected chi connectivity index (χ0v) is 14.5. The van der Waals surface area contributed by atoms with E-state index in [0.29, 0.717) is 6.04 Å². The second kappa shape index (κ2) is 6.29. The molecule has 1 atom stereocenters. The van der Waals surface area contributed by atoms with Crippen molar-refractivity contribution < 1.29 is 0 Å². The third-order valence-corrected chi connectivity index (χ3v) is 6.17. The molecule has 1 N–H and O–H groups in total. The molecular formula is C14H16N4S3. The molecular weight excluding hydrogens is 320 g/mol. The third kappa shape index (κ3) is 3.53. The molecule has 7 heteroatoms. The van der Waals surface area contributed by atoms with Crippen LogP contribution in [0.15, 0.2) is 28.6 Å². The fourth-order valence-electron chi connectivity index (χ4n) is 1.83. The average Bonchev–Trinajstić information content (AvgIpc) is 3.04. The third-order valence-electron chi connectivity index (χ3n) is 2.75. The van der Waals surface area contributed by atoms with E-state index in [-0.39, 0.29) is 5.25 Å². The molecule has 2 aromatic heterocycles. The number of rotatable bonds is 5. The number of benzene rings is 1. The number of thiazole rings is 1. The van der Waals surface area contributed by atoms with Crippen LogP contribution in [-0.4, -0.2) is 21.2 Å². The minimum absolute atomic E-state index is 0.280. The first-order valence-corrected chi connectivity index (χ1v) is 9.25. The first-order valence-electron chi connectivity index (χ1n) is 6.74. The van der Waals surface area contributed by atoms with E-state index >= 15 is 0 Å². The quantitative estimate of drug-likeness (QED) is 0.677. The van der Waals surface area contributed by atoms with Crippen molar-refractivity contribution >= 4 is 49.8 Å². The maximum Gasteiger partial charge on any atom is 0.206 e. The maximum atomic E-state index is 4.70. The van der Waals surface area contributed by atoms with Crippen molar-refractivity contribution in [2.75, 3.05) is 5.32 Å². The molecule has 0 unspecified atom stereocenters. The molecule has 3 rings (SSSR count). The van der Waals surface area contributed by atoms with Crippen molar-refractivity contribution in [2.45, 2.75) is 36.4 Å². The average molecular weight is 337 g/mol. The van der Waals surface area contributed by atoms with Gasteiger partial charge in [-0.05, 0) is 32.9 Å². The van der Waals surface area contributed by atoms with Gasteiger partial charge >= 0.3 is 0 Å². The minimum atomic E-state index is 0.280. The van der Waals surface area contributed by atoms with Gasteiger partial charge in [0.25, 0.3) is 0 Å². The van der Waals surface area contributed by atoms with Crippen LogP contribution in [0.25, 0.3) is 10.2 Å². The molecule has 110 valence electrons. The van der Waals surface area contributed by atoms with Gasteiger partial charge in [0, 0.05) is 6.04 Å². The SMILES string of the molecule is CC(C)Nc1nnc(S[C@H](C)c2nc3ccccc3s2)s1. The summed E-state index contributed by atoms with van der Waals surface area (Å²) in [6.45, 7) is 6.36. The summed E-state index contributed by atoms with van der Waals surface area (Å²) in [7, 11) is 0. The Hall–Kier alpha value is -1.18. The smallest absolute Gasteiger partial charge is 0.206 e. The molecule has 21 heavy (non-hydrogen) atoms. The summed E-state index contributed by atoms with van der Waals surface area (Å²) in [6, 6.07) is 8.62. The number of nitrogens with one attached hydrogen (secondary N) is 1. The van der Waals surface area contributed by atoms with Crippen molar-refractivity contribution in [3.8, 4) is 0 Å². The lowest BCUT2D eigenvalue weighted by Gasteiger charge is -2.04. The highest BCUT2D eigenvalue weighted by Crippen LogP contribution is 2.40. The van der Waals surface area contributed by atoms with E-state index < -0.39 is 0 Å². The summed E-state index contributed by atoms with van der Waals surface area (Å²) in [5, 5.41) is 14.0. The molecule has 0 fully saturated rings. The normalized spacial score (nSPS) is 13.0. The van der Waals surface area contributed by atoms with Crippen molar-refractivity contribution in [3.05, 3.63) is 29.3 Å². The molecule has 0 aliphatic carbocycles. The fourth-order valence-corrected chi connectivity index (χ4v) is 5.05. The lowest BCUT2D eigenvalue weighted by molar-refractivity contribution is 0.883. The van der Waals surface area contributed by atoms with E-state index in [1.807, 2.05) is 6.07 Å². The van der Waals surface area contributed by atoms with Crippen molar-refractivity contribution in [3.63, 3.8) is 0 Å². The highest BCUT2D eigenvalue weighted by atomic mass is 32.2. The predicted octanol–water partition coefficient (Wildman–Crippen LogP) is 4.82. The highest BCUT2D eigenvalue weighted by Gasteiger charge is 2.15. The summed E-state index contributed by atoms with van der Waals surface area (Å²) in [6.07, 6.45) is 0. The topological polar surface area (TPSA) is 50.7 Å². The van der Waals surface area contributed by atoms with Gasteiger partial charge < -0.3 is 5.32 Å². The van der Waals surface area contributed by atoms with E-state index in [1.54, 1.807) is 34.4 Å². The van der Waals surface area contributed by atoms with Crippen molar-refractivity contribution in [2.24, 2.45) is 0 Å². The van der Waals surface area contributed by atoms with Crippen LogP contribution in [0.2, 0.25) is 0 Å². The van der Waals surface area contributed by atoms with Gasteiger partial charge in [0.2, 0.25) is 5.13 Å². The zero-order chi connectivity index (χ0) is 14.8. The summed E-state index contributed by atoms with van der Waals surface area (Å²) in [4.78, 5) is 4.70. The van der Waals surface area contributed by atoms with Crippen LogP contribution in [0.5, 0.6) is 0 Å². The van der Waals surface area contributed by atoms with Crippen LogP contribution in [0.1, 0.15) is 31.0 Å². The first-order chi connectivity index (χ1) is 10.1. The molecule has 3 aromatic rings.